The summed E-state index contributed by atoms with van der Waals surface area (Å²) in [6, 6.07) is 4.55. The van der Waals surface area contributed by atoms with Crippen LogP contribution < -0.4 is 15.1 Å². The first-order chi connectivity index (χ1) is 13.8. The number of nitrogens with one attached hydrogen (secondary N) is 1. The Hall–Kier alpha value is -2.04. The van der Waals surface area contributed by atoms with Gasteiger partial charge in [0, 0.05) is 25.3 Å². The molecular formula is C19H28FN3O5S. The molecule has 3 N–H and O–H groups in total. The van der Waals surface area contributed by atoms with Crippen LogP contribution in [0.15, 0.2) is 18.2 Å². The van der Waals surface area contributed by atoms with Crippen molar-refractivity contribution in [1.82, 2.24) is 5.32 Å². The fourth-order valence-electron chi connectivity index (χ4n) is 3.50. The zero-order chi connectivity index (χ0) is 21.0. The smallest absolute Gasteiger partial charge is 0.414 e. The molecule has 1 unspecified atom stereocenters. The van der Waals surface area contributed by atoms with Crippen molar-refractivity contribution in [2.45, 2.75) is 32.3 Å². The monoisotopic (exact) mass is 429 g/mol. The standard InChI is InChI=1S/C19H28FN3O5S/c1-2-4-18(24)21-12-15-13-23(19(25)28-15)14-5-6-17(16(20)11-14)22-7-3-9-29(26,27)10-8-22/h5-6,11,15,26-27H,2-4,7-10,12-13H2,1H3,(H,21,24). The van der Waals surface area contributed by atoms with Gasteiger partial charge >= 0.3 is 6.09 Å². The molecule has 8 nitrogen and oxygen atoms in total. The molecule has 1 aromatic rings. The van der Waals surface area contributed by atoms with Gasteiger partial charge in [-0.3, -0.25) is 18.8 Å². The van der Waals surface area contributed by atoms with Crippen LogP contribution in [0.25, 0.3) is 0 Å². The molecule has 162 valence electrons. The van der Waals surface area contributed by atoms with E-state index in [0.29, 0.717) is 43.1 Å². The minimum atomic E-state index is -2.59. The lowest BCUT2D eigenvalue weighted by Crippen LogP contribution is -2.34. The number of benzene rings is 1. The van der Waals surface area contributed by atoms with Crippen LogP contribution in [0.4, 0.5) is 20.6 Å². The Morgan fingerprint density at radius 2 is 2.14 bits per heavy atom. The largest absolute Gasteiger partial charge is 0.442 e. The predicted molar refractivity (Wildman–Crippen MR) is 111 cm³/mol. The van der Waals surface area contributed by atoms with E-state index in [0.717, 1.165) is 6.42 Å². The van der Waals surface area contributed by atoms with Gasteiger partial charge in [-0.1, -0.05) is 6.92 Å². The fraction of sp³-hybridized carbons (Fsp3) is 0.579. The van der Waals surface area contributed by atoms with Crippen LogP contribution >= 0.6 is 10.6 Å². The number of halogens is 1. The maximum Gasteiger partial charge on any atom is 0.414 e. The molecule has 0 aromatic heterocycles. The molecule has 2 aliphatic rings. The van der Waals surface area contributed by atoms with Crippen LogP contribution in [0, 0.1) is 5.82 Å². The molecule has 1 atom stereocenters. The second-order valence-corrected chi connectivity index (χ2v) is 9.78. The van der Waals surface area contributed by atoms with Crippen LogP contribution in [0.1, 0.15) is 26.2 Å². The summed E-state index contributed by atoms with van der Waals surface area (Å²) < 4.78 is 39.8. The zero-order valence-corrected chi connectivity index (χ0v) is 17.3. The van der Waals surface area contributed by atoms with Crippen molar-refractivity contribution in [2.24, 2.45) is 0 Å². The summed E-state index contributed by atoms with van der Waals surface area (Å²) in [6.07, 6.45) is 0.678. The fourth-order valence-corrected chi connectivity index (χ4v) is 4.81. The molecule has 0 radical (unpaired) electrons. The van der Waals surface area contributed by atoms with E-state index < -0.39 is 28.6 Å². The van der Waals surface area contributed by atoms with Crippen LogP contribution in [-0.2, 0) is 9.53 Å². The van der Waals surface area contributed by atoms with Gasteiger partial charge in [0.15, 0.2) is 0 Å². The highest BCUT2D eigenvalue weighted by Crippen LogP contribution is 2.41. The van der Waals surface area contributed by atoms with Gasteiger partial charge < -0.3 is 15.0 Å². The lowest BCUT2D eigenvalue weighted by atomic mass is 10.2. The summed E-state index contributed by atoms with van der Waals surface area (Å²) in [5.41, 5.74) is 0.763. The molecule has 2 fully saturated rings. The first-order valence-electron chi connectivity index (χ1n) is 9.82. The van der Waals surface area contributed by atoms with E-state index in [1.807, 2.05) is 6.92 Å². The molecule has 1 aromatic carbocycles. The van der Waals surface area contributed by atoms with Crippen molar-refractivity contribution in [3.63, 3.8) is 0 Å². The van der Waals surface area contributed by atoms with E-state index in [1.54, 1.807) is 17.0 Å². The third-order valence-corrected chi connectivity index (χ3v) is 6.83. The maximum absolute atomic E-state index is 14.8. The first kappa shape index (κ1) is 21.7. The highest BCUT2D eigenvalue weighted by atomic mass is 32.3. The topological polar surface area (TPSA) is 102 Å². The number of hydrogen-bond acceptors (Lipinski definition) is 6. The summed E-state index contributed by atoms with van der Waals surface area (Å²) >= 11 is 0. The van der Waals surface area contributed by atoms with Crippen molar-refractivity contribution in [3.8, 4) is 0 Å². The quantitative estimate of drug-likeness (QED) is 0.642. The highest BCUT2D eigenvalue weighted by molar-refractivity contribution is 8.24. The number of amides is 2. The van der Waals surface area contributed by atoms with Gasteiger partial charge in [0.2, 0.25) is 5.91 Å². The molecule has 2 heterocycles. The lowest BCUT2D eigenvalue weighted by Gasteiger charge is -2.30. The predicted octanol–water partition coefficient (Wildman–Crippen LogP) is 3.03. The van der Waals surface area contributed by atoms with Crippen LogP contribution in [0.2, 0.25) is 0 Å². The Bertz CT molecular complexity index is 763. The van der Waals surface area contributed by atoms with Gasteiger partial charge in [-0.15, -0.1) is 0 Å². The Morgan fingerprint density at radius 1 is 1.34 bits per heavy atom. The molecule has 29 heavy (non-hydrogen) atoms. The Balaban J connectivity index is 1.64. The van der Waals surface area contributed by atoms with Crippen LogP contribution in [0.3, 0.4) is 0 Å². The summed E-state index contributed by atoms with van der Waals surface area (Å²) in [5, 5.41) is 2.73. The van der Waals surface area contributed by atoms with Crippen molar-refractivity contribution in [3.05, 3.63) is 24.0 Å². The van der Waals surface area contributed by atoms with E-state index in [2.05, 4.69) is 5.32 Å². The minimum Gasteiger partial charge on any atom is -0.442 e. The lowest BCUT2D eigenvalue weighted by molar-refractivity contribution is -0.121. The van der Waals surface area contributed by atoms with Gasteiger partial charge in [0.05, 0.1) is 30.2 Å². The van der Waals surface area contributed by atoms with Gasteiger partial charge in [0.25, 0.3) is 0 Å². The van der Waals surface area contributed by atoms with E-state index in [1.165, 1.54) is 11.0 Å². The number of hydrogen-bond donors (Lipinski definition) is 3. The highest BCUT2D eigenvalue weighted by Gasteiger charge is 2.33. The van der Waals surface area contributed by atoms with E-state index in [-0.39, 0.29) is 24.7 Å². The van der Waals surface area contributed by atoms with Crippen molar-refractivity contribution < 1.29 is 27.8 Å². The number of nitrogens with zero attached hydrogens (tertiary/aromatic N) is 2. The molecule has 0 spiro atoms. The Morgan fingerprint density at radius 3 is 2.86 bits per heavy atom. The SMILES string of the molecule is CCCC(=O)NCC1CN(c2ccc(N3CCCS(O)(O)CC3)c(F)c2)C(=O)O1. The maximum atomic E-state index is 14.8. The number of carbonyl (C=O) groups is 2. The number of anilines is 2. The molecule has 0 saturated carbocycles. The molecule has 2 aliphatic heterocycles. The van der Waals surface area contributed by atoms with E-state index in [9.17, 15) is 23.1 Å². The molecular weight excluding hydrogens is 401 g/mol. The third-order valence-electron chi connectivity index (χ3n) is 5.05. The second-order valence-electron chi connectivity index (χ2n) is 7.36. The first-order valence-corrected chi connectivity index (χ1v) is 11.7. The normalized spacial score (nSPS) is 22.8. The minimum absolute atomic E-state index is 0.0912. The zero-order valence-electron chi connectivity index (χ0n) is 16.5. The van der Waals surface area contributed by atoms with E-state index in [4.69, 9.17) is 4.74 Å². The van der Waals surface area contributed by atoms with Gasteiger partial charge in [-0.25, -0.2) is 9.18 Å². The van der Waals surface area contributed by atoms with Gasteiger partial charge in [0.1, 0.15) is 11.9 Å². The van der Waals surface area contributed by atoms with Crippen molar-refractivity contribution >= 4 is 34.0 Å². The average Bonchev–Trinajstić information content (AvgIpc) is 2.94. The molecule has 2 saturated heterocycles. The molecule has 0 bridgehead atoms. The van der Waals surface area contributed by atoms with E-state index >= 15 is 0 Å². The van der Waals surface area contributed by atoms with Crippen LogP contribution in [-0.4, -0.2) is 64.9 Å². The van der Waals surface area contributed by atoms with Crippen molar-refractivity contribution in [2.75, 3.05) is 47.5 Å². The van der Waals surface area contributed by atoms with Gasteiger partial charge in [-0.2, -0.15) is 10.6 Å². The Labute approximate surface area is 171 Å². The molecule has 3 rings (SSSR count). The summed E-state index contributed by atoms with van der Waals surface area (Å²) in [7, 11) is -2.59. The molecule has 0 aliphatic carbocycles. The summed E-state index contributed by atoms with van der Waals surface area (Å²) in [6.45, 7) is 3.27. The number of cyclic esters (lactones) is 1. The van der Waals surface area contributed by atoms with Crippen molar-refractivity contribution in [1.29, 1.82) is 0 Å². The third kappa shape index (κ3) is 5.52. The number of ether oxygens (including phenoxy) is 1. The summed E-state index contributed by atoms with van der Waals surface area (Å²) in [5.74, 6) is -0.0169. The Kier molecular flexibility index (Phi) is 6.86. The average molecular weight is 430 g/mol. The molecule has 2 amide bonds. The van der Waals surface area contributed by atoms with Crippen LogP contribution in [0.5, 0.6) is 0 Å². The second kappa shape index (κ2) is 9.19. The molecule has 10 heteroatoms. The summed E-state index contributed by atoms with van der Waals surface area (Å²) in [4.78, 5) is 26.9. The number of rotatable bonds is 6. The number of carbonyl (C=O) groups excluding carboxylic acids is 2. The van der Waals surface area contributed by atoms with Gasteiger partial charge in [-0.05, 0) is 31.0 Å².